The summed E-state index contributed by atoms with van der Waals surface area (Å²) in [5.41, 5.74) is 2.55. The van der Waals surface area contributed by atoms with Gasteiger partial charge in [0.1, 0.15) is 0 Å². The Bertz CT molecular complexity index is 393. The molecule has 4 atom stereocenters. The largest absolute Gasteiger partial charge is 0.392 e. The average Bonchev–Trinajstić information content (AvgIpc) is 2.45. The van der Waals surface area contributed by atoms with Gasteiger partial charge in [0.15, 0.2) is 0 Å². The molecule has 0 fully saturated rings. The second-order valence-corrected chi connectivity index (χ2v) is 5.38. The third-order valence-electron chi connectivity index (χ3n) is 4.26. The monoisotopic (exact) mass is 230 g/mol. The Morgan fingerprint density at radius 2 is 1.71 bits per heavy atom. The molecule has 92 valence electrons. The Labute approximate surface area is 104 Å². The molecule has 2 rings (SSSR count). The lowest BCUT2D eigenvalue weighted by Gasteiger charge is -2.27. The van der Waals surface area contributed by atoms with Crippen molar-refractivity contribution < 1.29 is 5.11 Å². The molecule has 0 unspecified atom stereocenters. The second-order valence-electron chi connectivity index (χ2n) is 5.38. The molecule has 0 aliphatic heterocycles. The smallest absolute Gasteiger partial charge is 0.0634 e. The Kier molecular flexibility index (Phi) is 3.68. The predicted octanol–water partition coefficient (Wildman–Crippen LogP) is 3.74. The third kappa shape index (κ3) is 2.44. The molecule has 0 bridgehead atoms. The van der Waals surface area contributed by atoms with Gasteiger partial charge >= 0.3 is 0 Å². The van der Waals surface area contributed by atoms with Gasteiger partial charge in [0.2, 0.25) is 0 Å². The fraction of sp³-hybridized carbons (Fsp3) is 0.500. The molecule has 17 heavy (non-hydrogen) atoms. The van der Waals surface area contributed by atoms with Gasteiger partial charge < -0.3 is 5.11 Å². The Balaban J connectivity index is 2.34. The van der Waals surface area contributed by atoms with Gasteiger partial charge in [-0.15, -0.1) is 0 Å². The minimum atomic E-state index is -0.237. The standard InChI is InChI=1S/C16H22O/c1-11-9-10-15(13(3)16(17)12(11)2)14-7-5-4-6-8-14/h4-8,10-13,16-17H,9H2,1-3H3/t11-,12+,13+,16-/m1/s1. The maximum atomic E-state index is 10.4. The lowest BCUT2D eigenvalue weighted by atomic mass is 9.83. The van der Waals surface area contributed by atoms with E-state index in [2.05, 4.69) is 51.1 Å². The fourth-order valence-electron chi connectivity index (χ4n) is 2.70. The number of benzene rings is 1. The van der Waals surface area contributed by atoms with Crippen LogP contribution in [0.4, 0.5) is 0 Å². The van der Waals surface area contributed by atoms with E-state index in [-0.39, 0.29) is 12.0 Å². The van der Waals surface area contributed by atoms with E-state index >= 15 is 0 Å². The van der Waals surface area contributed by atoms with Gasteiger partial charge in [-0.25, -0.2) is 0 Å². The molecule has 0 spiro atoms. The van der Waals surface area contributed by atoms with Crippen LogP contribution in [0.15, 0.2) is 36.4 Å². The van der Waals surface area contributed by atoms with Gasteiger partial charge in [0.05, 0.1) is 6.10 Å². The van der Waals surface area contributed by atoms with E-state index in [1.165, 1.54) is 11.1 Å². The molecule has 1 N–H and O–H groups in total. The van der Waals surface area contributed by atoms with Crippen LogP contribution in [-0.4, -0.2) is 11.2 Å². The lowest BCUT2D eigenvalue weighted by molar-refractivity contribution is 0.0647. The quantitative estimate of drug-likeness (QED) is 0.779. The maximum Gasteiger partial charge on any atom is 0.0634 e. The zero-order valence-electron chi connectivity index (χ0n) is 10.9. The molecule has 1 nitrogen and oxygen atoms in total. The normalized spacial score (nSPS) is 34.0. The van der Waals surface area contributed by atoms with Crippen LogP contribution in [0.5, 0.6) is 0 Å². The van der Waals surface area contributed by atoms with Crippen LogP contribution < -0.4 is 0 Å². The van der Waals surface area contributed by atoms with Crippen molar-refractivity contribution in [1.29, 1.82) is 0 Å². The molecule has 1 aromatic rings. The highest BCUT2D eigenvalue weighted by atomic mass is 16.3. The summed E-state index contributed by atoms with van der Waals surface area (Å²) in [6.07, 6.45) is 3.14. The molecule has 1 aliphatic carbocycles. The van der Waals surface area contributed by atoms with Gasteiger partial charge in [-0.2, -0.15) is 0 Å². The van der Waals surface area contributed by atoms with Crippen molar-refractivity contribution in [2.45, 2.75) is 33.3 Å². The summed E-state index contributed by atoms with van der Waals surface area (Å²) in [6, 6.07) is 10.4. The van der Waals surface area contributed by atoms with Crippen molar-refractivity contribution in [3.63, 3.8) is 0 Å². The number of rotatable bonds is 1. The molecule has 1 aromatic carbocycles. The third-order valence-corrected chi connectivity index (χ3v) is 4.26. The minimum Gasteiger partial charge on any atom is -0.392 e. The highest BCUT2D eigenvalue weighted by Gasteiger charge is 2.30. The first-order chi connectivity index (χ1) is 8.11. The molecule has 0 amide bonds. The summed E-state index contributed by atoms with van der Waals surface area (Å²) in [4.78, 5) is 0. The van der Waals surface area contributed by atoms with E-state index in [1.54, 1.807) is 0 Å². The summed E-state index contributed by atoms with van der Waals surface area (Å²) < 4.78 is 0. The van der Waals surface area contributed by atoms with E-state index in [4.69, 9.17) is 0 Å². The summed E-state index contributed by atoms with van der Waals surface area (Å²) in [6.45, 7) is 6.52. The van der Waals surface area contributed by atoms with Crippen molar-refractivity contribution >= 4 is 5.57 Å². The van der Waals surface area contributed by atoms with E-state index in [0.717, 1.165) is 6.42 Å². The molecular weight excluding hydrogens is 208 g/mol. The molecule has 0 aromatic heterocycles. The SMILES string of the molecule is C[C@@H]1[C@@H](O)[C@@H](C)C(c2ccccc2)=CC[C@H]1C. The first-order valence-electron chi connectivity index (χ1n) is 6.54. The maximum absolute atomic E-state index is 10.4. The minimum absolute atomic E-state index is 0.220. The van der Waals surface area contributed by atoms with Crippen LogP contribution in [0, 0.1) is 17.8 Å². The van der Waals surface area contributed by atoms with Crippen molar-refractivity contribution in [2.75, 3.05) is 0 Å². The summed E-state index contributed by atoms with van der Waals surface area (Å²) in [5.74, 6) is 1.13. The van der Waals surface area contributed by atoms with E-state index in [1.807, 2.05) is 6.07 Å². The highest BCUT2D eigenvalue weighted by Crippen LogP contribution is 2.36. The molecule has 0 saturated heterocycles. The van der Waals surface area contributed by atoms with Crippen LogP contribution in [0.3, 0.4) is 0 Å². The van der Waals surface area contributed by atoms with Gasteiger partial charge in [0, 0.05) is 5.92 Å². The summed E-state index contributed by atoms with van der Waals surface area (Å²) >= 11 is 0. The number of allylic oxidation sites excluding steroid dienone is 1. The lowest BCUT2D eigenvalue weighted by Crippen LogP contribution is -2.28. The van der Waals surface area contributed by atoms with Crippen LogP contribution >= 0.6 is 0 Å². The van der Waals surface area contributed by atoms with Crippen molar-refractivity contribution in [1.82, 2.24) is 0 Å². The van der Waals surface area contributed by atoms with Gasteiger partial charge in [-0.05, 0) is 29.4 Å². The molecule has 0 radical (unpaired) electrons. The number of hydrogen-bond donors (Lipinski definition) is 1. The number of hydrogen-bond acceptors (Lipinski definition) is 1. The van der Waals surface area contributed by atoms with Crippen LogP contribution in [0.1, 0.15) is 32.8 Å². The molecule has 0 heterocycles. The Morgan fingerprint density at radius 3 is 2.35 bits per heavy atom. The first kappa shape index (κ1) is 12.4. The molecule has 1 aliphatic rings. The van der Waals surface area contributed by atoms with Crippen molar-refractivity contribution in [3.8, 4) is 0 Å². The van der Waals surface area contributed by atoms with Crippen LogP contribution in [0.25, 0.3) is 5.57 Å². The van der Waals surface area contributed by atoms with Gasteiger partial charge in [0.25, 0.3) is 0 Å². The molecule has 1 heteroatoms. The van der Waals surface area contributed by atoms with Crippen molar-refractivity contribution in [3.05, 3.63) is 42.0 Å². The molecule has 0 saturated carbocycles. The second kappa shape index (κ2) is 5.05. The summed E-state index contributed by atoms with van der Waals surface area (Å²) in [5, 5.41) is 10.4. The zero-order chi connectivity index (χ0) is 12.4. The number of aliphatic hydroxyl groups excluding tert-OH is 1. The Morgan fingerprint density at radius 1 is 1.06 bits per heavy atom. The predicted molar refractivity (Wildman–Crippen MR) is 72.5 cm³/mol. The van der Waals surface area contributed by atoms with E-state index in [9.17, 15) is 5.11 Å². The Hall–Kier alpha value is -1.08. The van der Waals surface area contributed by atoms with Crippen molar-refractivity contribution in [2.24, 2.45) is 17.8 Å². The zero-order valence-corrected chi connectivity index (χ0v) is 10.9. The topological polar surface area (TPSA) is 20.2 Å². The fourth-order valence-corrected chi connectivity index (χ4v) is 2.70. The summed E-state index contributed by atoms with van der Waals surface area (Å²) in [7, 11) is 0. The van der Waals surface area contributed by atoms with Crippen LogP contribution in [0.2, 0.25) is 0 Å². The van der Waals surface area contributed by atoms with Gasteiger partial charge in [-0.3, -0.25) is 0 Å². The molecular formula is C16H22O. The first-order valence-corrected chi connectivity index (χ1v) is 6.54. The van der Waals surface area contributed by atoms with E-state index < -0.39 is 0 Å². The van der Waals surface area contributed by atoms with Gasteiger partial charge in [-0.1, -0.05) is 57.2 Å². The van der Waals surface area contributed by atoms with Crippen LogP contribution in [-0.2, 0) is 0 Å². The van der Waals surface area contributed by atoms with E-state index in [0.29, 0.717) is 11.8 Å². The average molecular weight is 230 g/mol. The highest BCUT2D eigenvalue weighted by molar-refractivity contribution is 5.68. The number of aliphatic hydroxyl groups is 1.